The van der Waals surface area contributed by atoms with Gasteiger partial charge in [-0.3, -0.25) is 9.69 Å². The van der Waals surface area contributed by atoms with Gasteiger partial charge in [0.1, 0.15) is 11.5 Å². The van der Waals surface area contributed by atoms with Gasteiger partial charge in [-0.1, -0.05) is 35.3 Å². The summed E-state index contributed by atoms with van der Waals surface area (Å²) in [5, 5.41) is 3.96. The number of thioether (sulfide) groups is 1. The molecule has 0 spiro atoms. The number of rotatable bonds is 5. The number of hydrogen-bond donors (Lipinski definition) is 0. The van der Waals surface area contributed by atoms with Crippen LogP contribution in [0.2, 0.25) is 10.0 Å². The lowest BCUT2D eigenvalue weighted by molar-refractivity contribution is -0.121. The molecule has 1 aliphatic rings. The van der Waals surface area contributed by atoms with Gasteiger partial charge in [-0.2, -0.15) is 4.99 Å². The van der Waals surface area contributed by atoms with Gasteiger partial charge in [0, 0.05) is 24.2 Å². The molecule has 2 aromatic heterocycles. The van der Waals surface area contributed by atoms with Gasteiger partial charge in [-0.15, -0.1) is 17.9 Å². The van der Waals surface area contributed by atoms with Gasteiger partial charge in [0.25, 0.3) is 5.91 Å². The molecular weight excluding hydrogens is 449 g/mol. The van der Waals surface area contributed by atoms with Crippen molar-refractivity contribution in [3.8, 4) is 11.3 Å². The average Bonchev–Trinajstić information content (AvgIpc) is 3.41. The molecule has 0 bridgehead atoms. The lowest BCUT2D eigenvalue weighted by Gasteiger charge is -2.11. The number of hydrogen-bond acceptors (Lipinski definition) is 6. The van der Waals surface area contributed by atoms with Gasteiger partial charge in [-0.25, -0.2) is 4.98 Å². The first-order chi connectivity index (χ1) is 14.1. The minimum atomic E-state index is -0.168. The second kappa shape index (κ2) is 8.59. The summed E-state index contributed by atoms with van der Waals surface area (Å²) in [6, 6.07) is 8.80. The molecule has 1 amide bonds. The number of furan rings is 1. The van der Waals surface area contributed by atoms with Crippen molar-refractivity contribution in [1.82, 2.24) is 9.88 Å². The van der Waals surface area contributed by atoms with E-state index < -0.39 is 0 Å². The van der Waals surface area contributed by atoms with Crippen molar-refractivity contribution < 1.29 is 9.21 Å². The molecule has 0 atom stereocenters. The maximum absolute atomic E-state index is 12.8. The Hall–Kier alpha value is -2.32. The van der Waals surface area contributed by atoms with Gasteiger partial charge >= 0.3 is 0 Å². The molecule has 1 aliphatic heterocycles. The summed E-state index contributed by atoms with van der Waals surface area (Å²) in [5.74, 6) is 0.877. The summed E-state index contributed by atoms with van der Waals surface area (Å²) in [6.45, 7) is 4.07. The van der Waals surface area contributed by atoms with E-state index in [4.69, 9.17) is 27.6 Å². The predicted octanol–water partition coefficient (Wildman–Crippen LogP) is 6.50. The van der Waals surface area contributed by atoms with Crippen LogP contribution in [-0.4, -0.2) is 27.5 Å². The quantitative estimate of drug-likeness (QED) is 0.321. The normalized spacial score (nSPS) is 16.9. The Morgan fingerprint density at radius 2 is 2.03 bits per heavy atom. The lowest BCUT2D eigenvalue weighted by atomic mass is 10.2. The number of halogens is 2. The van der Waals surface area contributed by atoms with Crippen molar-refractivity contribution in [2.24, 2.45) is 4.99 Å². The minimum Gasteiger partial charge on any atom is -0.457 e. The first-order valence-corrected chi connectivity index (χ1v) is 10.9. The molecule has 3 aromatic rings. The standard InChI is InChI=1S/C20H13Cl2N3O2S2/c1-2-9-25-18(26)16(29-20(25)24-19-23-8-10-28-19)11-12-6-7-15(27-12)17-13(21)4-3-5-14(17)22/h2-8,10-11H,1,9H2/b16-11-,24-20+. The average molecular weight is 462 g/mol. The molecular formula is C20H13Cl2N3O2S2. The number of benzene rings is 1. The fraction of sp³-hybridized carbons (Fsp3) is 0.0500. The SMILES string of the molecule is C=CCN1C(=O)/C(=C/c2ccc(-c3c(Cl)cccc3Cl)o2)S/C1=N/c1nccs1. The number of carbonyl (C=O) groups excluding carboxylic acids is 1. The van der Waals surface area contributed by atoms with Gasteiger partial charge in [0.15, 0.2) is 5.17 Å². The maximum Gasteiger partial charge on any atom is 0.267 e. The van der Waals surface area contributed by atoms with Gasteiger partial charge in [-0.05, 0) is 36.0 Å². The number of carbonyl (C=O) groups is 1. The molecule has 29 heavy (non-hydrogen) atoms. The zero-order valence-corrected chi connectivity index (χ0v) is 18.0. The van der Waals surface area contributed by atoms with E-state index >= 15 is 0 Å². The largest absolute Gasteiger partial charge is 0.457 e. The van der Waals surface area contributed by atoms with Crippen LogP contribution in [0, 0.1) is 0 Å². The van der Waals surface area contributed by atoms with Crippen LogP contribution >= 0.6 is 46.3 Å². The highest BCUT2D eigenvalue weighted by atomic mass is 35.5. The van der Waals surface area contributed by atoms with Crippen molar-refractivity contribution in [2.45, 2.75) is 0 Å². The molecule has 1 saturated heterocycles. The molecule has 0 radical (unpaired) electrons. The van der Waals surface area contributed by atoms with Crippen molar-refractivity contribution in [1.29, 1.82) is 0 Å². The fourth-order valence-electron chi connectivity index (χ4n) is 2.66. The molecule has 1 fully saturated rings. The van der Waals surface area contributed by atoms with E-state index in [9.17, 15) is 4.79 Å². The Morgan fingerprint density at radius 1 is 1.24 bits per heavy atom. The zero-order chi connectivity index (χ0) is 20.4. The Kier molecular flexibility index (Phi) is 5.91. The Balaban J connectivity index is 1.66. The van der Waals surface area contributed by atoms with E-state index in [2.05, 4.69) is 16.6 Å². The van der Waals surface area contributed by atoms with Crippen LogP contribution in [0.5, 0.6) is 0 Å². The first-order valence-electron chi connectivity index (χ1n) is 8.41. The van der Waals surface area contributed by atoms with Crippen LogP contribution < -0.4 is 0 Å². The Labute approximate surface area is 185 Å². The monoisotopic (exact) mass is 461 g/mol. The van der Waals surface area contributed by atoms with Crippen LogP contribution in [-0.2, 0) is 4.79 Å². The number of amides is 1. The van der Waals surface area contributed by atoms with Crippen molar-refractivity contribution in [2.75, 3.05) is 6.54 Å². The summed E-state index contributed by atoms with van der Waals surface area (Å²) >= 11 is 15.2. The van der Waals surface area contributed by atoms with Crippen molar-refractivity contribution in [3.05, 3.63) is 75.3 Å². The molecule has 0 N–H and O–H groups in total. The predicted molar refractivity (Wildman–Crippen MR) is 121 cm³/mol. The summed E-state index contributed by atoms with van der Waals surface area (Å²) in [4.78, 5) is 23.5. The highest BCUT2D eigenvalue weighted by molar-refractivity contribution is 8.18. The molecule has 0 saturated carbocycles. The highest BCUT2D eigenvalue weighted by Crippen LogP contribution is 2.38. The van der Waals surface area contributed by atoms with Crippen LogP contribution in [0.3, 0.4) is 0 Å². The smallest absolute Gasteiger partial charge is 0.267 e. The first kappa shape index (κ1) is 20.0. The molecule has 9 heteroatoms. The molecule has 5 nitrogen and oxygen atoms in total. The number of nitrogens with zero attached hydrogens (tertiary/aromatic N) is 3. The van der Waals surface area contributed by atoms with Crippen LogP contribution in [0.15, 0.2) is 68.9 Å². The lowest BCUT2D eigenvalue weighted by Crippen LogP contribution is -2.29. The summed E-state index contributed by atoms with van der Waals surface area (Å²) in [6.07, 6.45) is 5.01. The summed E-state index contributed by atoms with van der Waals surface area (Å²) < 4.78 is 5.88. The number of thiazole rings is 1. The molecule has 0 aliphatic carbocycles. The van der Waals surface area contributed by atoms with Crippen LogP contribution in [0.4, 0.5) is 5.13 Å². The number of aliphatic imine (C=N–C) groups is 1. The topological polar surface area (TPSA) is 58.7 Å². The number of aromatic nitrogens is 1. The van der Waals surface area contributed by atoms with Gasteiger partial charge in [0.2, 0.25) is 5.13 Å². The van der Waals surface area contributed by atoms with Crippen LogP contribution in [0.1, 0.15) is 5.76 Å². The van der Waals surface area contributed by atoms with E-state index in [-0.39, 0.29) is 5.91 Å². The van der Waals surface area contributed by atoms with Gasteiger partial charge in [0.05, 0.1) is 20.5 Å². The van der Waals surface area contributed by atoms with Crippen molar-refractivity contribution >= 4 is 68.6 Å². The molecule has 3 heterocycles. The zero-order valence-electron chi connectivity index (χ0n) is 14.8. The van der Waals surface area contributed by atoms with E-state index in [0.717, 1.165) is 0 Å². The maximum atomic E-state index is 12.8. The van der Waals surface area contributed by atoms with E-state index in [1.165, 1.54) is 23.1 Å². The highest BCUT2D eigenvalue weighted by Gasteiger charge is 2.33. The van der Waals surface area contributed by atoms with Gasteiger partial charge < -0.3 is 4.42 Å². The molecule has 0 unspecified atom stereocenters. The number of amidine groups is 1. The fourth-order valence-corrected chi connectivity index (χ4v) is 4.78. The molecule has 146 valence electrons. The third-order valence-corrected chi connectivity index (χ3v) is 6.22. The summed E-state index contributed by atoms with van der Waals surface area (Å²) in [5.41, 5.74) is 0.616. The third kappa shape index (κ3) is 4.18. The second-order valence-corrected chi connectivity index (χ2v) is 8.52. The molecule has 1 aromatic carbocycles. The summed E-state index contributed by atoms with van der Waals surface area (Å²) in [7, 11) is 0. The van der Waals surface area contributed by atoms with E-state index in [1.54, 1.807) is 53.6 Å². The Morgan fingerprint density at radius 3 is 2.72 bits per heavy atom. The molecule has 4 rings (SSSR count). The Bertz CT molecular complexity index is 1120. The van der Waals surface area contributed by atoms with Crippen molar-refractivity contribution in [3.63, 3.8) is 0 Å². The second-order valence-electron chi connectivity index (χ2n) is 5.82. The van der Waals surface area contributed by atoms with E-state index in [1.807, 2.05) is 5.38 Å². The van der Waals surface area contributed by atoms with E-state index in [0.29, 0.717) is 48.9 Å². The van der Waals surface area contributed by atoms with Crippen LogP contribution in [0.25, 0.3) is 17.4 Å². The minimum absolute atomic E-state index is 0.168. The third-order valence-electron chi connectivity index (χ3n) is 3.92.